The molecule has 0 atom stereocenters. The molecule has 0 saturated carbocycles. The van der Waals surface area contributed by atoms with E-state index in [1.165, 1.54) is 16.6 Å². The first-order chi connectivity index (χ1) is 9.31. The molecule has 0 spiro atoms. The van der Waals surface area contributed by atoms with Gasteiger partial charge in [0.05, 0.1) is 11.0 Å². The molecular weight excluding hydrogens is 348 g/mol. The van der Waals surface area contributed by atoms with E-state index in [4.69, 9.17) is 0 Å². The summed E-state index contributed by atoms with van der Waals surface area (Å²) in [6, 6.07) is 4.06. The predicted molar refractivity (Wildman–Crippen MR) is 75.1 cm³/mol. The predicted octanol–water partition coefficient (Wildman–Crippen LogP) is 2.49. The monoisotopic (exact) mass is 354 g/mol. The van der Waals surface area contributed by atoms with Gasteiger partial charge in [-0.05, 0) is 49.6 Å². The van der Waals surface area contributed by atoms with Gasteiger partial charge in [-0.25, -0.2) is 14.6 Å². The third-order valence-electron chi connectivity index (χ3n) is 2.16. The lowest BCUT2D eigenvalue weighted by molar-refractivity contribution is 0.607. The number of rotatable bonds is 4. The summed E-state index contributed by atoms with van der Waals surface area (Å²) >= 11 is 6.31. The molecule has 0 aromatic carbocycles. The number of nitrogens with zero attached hydrogens (tertiary/aromatic N) is 6. The number of thiophene rings is 1. The Labute approximate surface area is 125 Å². The molecule has 3 heterocycles. The summed E-state index contributed by atoms with van der Waals surface area (Å²) in [6.45, 7) is 0.656. The zero-order chi connectivity index (χ0) is 13.1. The lowest BCUT2D eigenvalue weighted by Gasteiger charge is -2.01. The molecule has 0 unspecified atom stereocenters. The van der Waals surface area contributed by atoms with Gasteiger partial charge in [-0.2, -0.15) is 0 Å². The Morgan fingerprint density at radius 1 is 1.32 bits per heavy atom. The molecule has 3 aromatic heterocycles. The summed E-state index contributed by atoms with van der Waals surface area (Å²) in [5.41, 5.74) is 0. The van der Waals surface area contributed by atoms with Gasteiger partial charge in [0.25, 0.3) is 0 Å². The zero-order valence-electron chi connectivity index (χ0n) is 9.47. The molecule has 0 radical (unpaired) electrons. The maximum Gasteiger partial charge on any atom is 0.217 e. The van der Waals surface area contributed by atoms with Crippen molar-refractivity contribution >= 4 is 39.0 Å². The molecule has 3 rings (SSSR count). The summed E-state index contributed by atoms with van der Waals surface area (Å²) in [5, 5.41) is 15.0. The second-order valence-electron chi connectivity index (χ2n) is 3.48. The van der Waals surface area contributed by atoms with E-state index in [9.17, 15) is 0 Å². The van der Waals surface area contributed by atoms with Crippen molar-refractivity contribution in [1.82, 2.24) is 30.2 Å². The highest BCUT2D eigenvalue weighted by Crippen LogP contribution is 2.23. The quantitative estimate of drug-likeness (QED) is 0.670. The molecule has 0 aliphatic heterocycles. The summed E-state index contributed by atoms with van der Waals surface area (Å²) in [4.78, 5) is 9.58. The van der Waals surface area contributed by atoms with Gasteiger partial charge in [0, 0.05) is 17.3 Å². The summed E-state index contributed by atoms with van der Waals surface area (Å²) in [5.74, 6) is 0. The lowest BCUT2D eigenvalue weighted by Crippen LogP contribution is -2.02. The summed E-state index contributed by atoms with van der Waals surface area (Å²) in [7, 11) is 0. The Morgan fingerprint density at radius 3 is 2.89 bits per heavy atom. The van der Waals surface area contributed by atoms with Crippen LogP contribution in [0.2, 0.25) is 0 Å². The van der Waals surface area contributed by atoms with Crippen molar-refractivity contribution in [3.8, 4) is 0 Å². The Hall–Kier alpha value is -1.32. The van der Waals surface area contributed by atoms with Crippen LogP contribution in [0.3, 0.4) is 0 Å². The van der Waals surface area contributed by atoms with Crippen LogP contribution in [0, 0.1) is 0 Å². The molecule has 0 saturated heterocycles. The van der Waals surface area contributed by atoms with E-state index in [0.29, 0.717) is 16.9 Å². The van der Waals surface area contributed by atoms with Crippen LogP contribution < -0.4 is 0 Å². The molecule has 0 aliphatic rings. The van der Waals surface area contributed by atoms with Crippen LogP contribution >= 0.6 is 39.0 Å². The fourth-order valence-electron chi connectivity index (χ4n) is 1.35. The zero-order valence-corrected chi connectivity index (χ0v) is 12.7. The molecule has 0 bridgehead atoms. The normalized spacial score (nSPS) is 10.8. The SMILES string of the molecule is Brc1cnc(Sc2nnnn2Cc2cccs2)nc1. The standard InChI is InChI=1S/C10H7BrN6S2/c11-7-4-12-9(13-5-7)19-10-14-15-16-17(10)6-8-2-1-3-18-8/h1-5H,6H2. The third kappa shape index (κ3) is 3.17. The van der Waals surface area contributed by atoms with E-state index >= 15 is 0 Å². The molecule has 19 heavy (non-hydrogen) atoms. The molecule has 3 aromatic rings. The fourth-order valence-corrected chi connectivity index (χ4v) is 2.90. The molecule has 0 N–H and O–H groups in total. The van der Waals surface area contributed by atoms with Crippen molar-refractivity contribution < 1.29 is 0 Å². The Kier molecular flexibility index (Phi) is 3.85. The van der Waals surface area contributed by atoms with Gasteiger partial charge >= 0.3 is 0 Å². The van der Waals surface area contributed by atoms with E-state index in [-0.39, 0.29) is 0 Å². The van der Waals surface area contributed by atoms with E-state index < -0.39 is 0 Å². The molecule has 0 amide bonds. The highest BCUT2D eigenvalue weighted by molar-refractivity contribution is 9.10. The topological polar surface area (TPSA) is 69.4 Å². The second kappa shape index (κ2) is 5.76. The van der Waals surface area contributed by atoms with Crippen molar-refractivity contribution in [1.29, 1.82) is 0 Å². The molecule has 6 nitrogen and oxygen atoms in total. The molecular formula is C10H7BrN6S2. The van der Waals surface area contributed by atoms with Crippen molar-refractivity contribution in [3.63, 3.8) is 0 Å². The van der Waals surface area contributed by atoms with E-state index in [0.717, 1.165) is 4.47 Å². The van der Waals surface area contributed by atoms with Crippen molar-refractivity contribution in [2.45, 2.75) is 16.9 Å². The minimum Gasteiger partial charge on any atom is -0.230 e. The minimum atomic E-state index is 0.616. The highest BCUT2D eigenvalue weighted by atomic mass is 79.9. The van der Waals surface area contributed by atoms with Gasteiger partial charge in [0.1, 0.15) is 0 Å². The average molecular weight is 355 g/mol. The largest absolute Gasteiger partial charge is 0.230 e. The third-order valence-corrected chi connectivity index (χ3v) is 4.30. The number of hydrogen-bond acceptors (Lipinski definition) is 7. The maximum atomic E-state index is 4.19. The van der Waals surface area contributed by atoms with Crippen LogP contribution in [0.15, 0.2) is 44.7 Å². The first-order valence-electron chi connectivity index (χ1n) is 5.25. The van der Waals surface area contributed by atoms with Gasteiger partial charge in [0.2, 0.25) is 5.16 Å². The van der Waals surface area contributed by atoms with Gasteiger partial charge in [-0.3, -0.25) is 0 Å². The van der Waals surface area contributed by atoms with Crippen molar-refractivity contribution in [3.05, 3.63) is 39.3 Å². The van der Waals surface area contributed by atoms with Gasteiger partial charge in [-0.1, -0.05) is 6.07 Å². The van der Waals surface area contributed by atoms with E-state index in [1.807, 2.05) is 11.4 Å². The van der Waals surface area contributed by atoms with Crippen LogP contribution in [0.1, 0.15) is 4.88 Å². The average Bonchev–Trinajstić information content (AvgIpc) is 3.06. The number of aromatic nitrogens is 6. The first-order valence-corrected chi connectivity index (χ1v) is 7.74. The number of hydrogen-bond donors (Lipinski definition) is 0. The maximum absolute atomic E-state index is 4.19. The molecule has 9 heteroatoms. The Morgan fingerprint density at radius 2 is 2.16 bits per heavy atom. The number of halogens is 1. The highest BCUT2D eigenvalue weighted by Gasteiger charge is 2.10. The Balaban J connectivity index is 1.78. The van der Waals surface area contributed by atoms with Gasteiger partial charge < -0.3 is 0 Å². The molecule has 0 fully saturated rings. The van der Waals surface area contributed by atoms with Crippen LogP contribution in [0.4, 0.5) is 0 Å². The number of tetrazole rings is 1. The lowest BCUT2D eigenvalue weighted by atomic mass is 10.5. The van der Waals surface area contributed by atoms with Crippen LogP contribution in [0.5, 0.6) is 0 Å². The second-order valence-corrected chi connectivity index (χ2v) is 6.37. The van der Waals surface area contributed by atoms with E-state index in [2.05, 4.69) is 47.5 Å². The Bertz CT molecular complexity index is 651. The van der Waals surface area contributed by atoms with E-state index in [1.54, 1.807) is 28.4 Å². The fraction of sp³-hybridized carbons (Fsp3) is 0.100. The first kappa shape index (κ1) is 12.7. The van der Waals surface area contributed by atoms with Crippen molar-refractivity contribution in [2.24, 2.45) is 0 Å². The molecule has 96 valence electrons. The summed E-state index contributed by atoms with van der Waals surface area (Å²) in [6.07, 6.45) is 3.39. The van der Waals surface area contributed by atoms with Crippen LogP contribution in [-0.4, -0.2) is 30.2 Å². The van der Waals surface area contributed by atoms with Crippen LogP contribution in [-0.2, 0) is 6.54 Å². The smallest absolute Gasteiger partial charge is 0.217 e. The summed E-state index contributed by atoms with van der Waals surface area (Å²) < 4.78 is 2.58. The van der Waals surface area contributed by atoms with Crippen molar-refractivity contribution in [2.75, 3.05) is 0 Å². The van der Waals surface area contributed by atoms with Crippen LogP contribution in [0.25, 0.3) is 0 Å². The van der Waals surface area contributed by atoms with Gasteiger partial charge in [-0.15, -0.1) is 16.4 Å². The molecule has 0 aliphatic carbocycles. The van der Waals surface area contributed by atoms with Gasteiger partial charge in [0.15, 0.2) is 5.16 Å². The minimum absolute atomic E-state index is 0.616.